The van der Waals surface area contributed by atoms with Crippen LogP contribution in [0.2, 0.25) is 0 Å². The van der Waals surface area contributed by atoms with Gasteiger partial charge in [0.15, 0.2) is 23.0 Å². The zero-order valence-electron chi connectivity index (χ0n) is 26.2. The van der Waals surface area contributed by atoms with Crippen LogP contribution in [0.25, 0.3) is 11.2 Å². The predicted octanol–water partition coefficient (Wildman–Crippen LogP) is 3.46. The standard InChI is InChI=1S/C36H39N5O6/c1-45-27-17-15-24(16-18-27)20-35(25-10-4-2-5-11-25,26-12-6-3-7-13-26)40-21-28-31(42)36(44,29-14-8-9-19-46-29)34(47-28)41-23-39-30-32(41)37-22-38-33(30)43/h2-7,10-13,15-18,22-23,28-29,31,34,40,42,44H,8-9,14,19-21H2,1H3,(H,37,38,43)/t28-,29?,31-,34-,36-/m1/s1. The Morgan fingerprint density at radius 2 is 1.72 bits per heavy atom. The number of hydrogen-bond donors (Lipinski definition) is 4. The van der Waals surface area contributed by atoms with Gasteiger partial charge in [-0.15, -0.1) is 0 Å². The molecule has 5 aromatic rings. The largest absolute Gasteiger partial charge is 0.497 e. The summed E-state index contributed by atoms with van der Waals surface area (Å²) in [6.45, 7) is 0.637. The number of nitrogens with zero attached hydrogens (tertiary/aromatic N) is 3. The van der Waals surface area contributed by atoms with Gasteiger partial charge >= 0.3 is 0 Å². The quantitative estimate of drug-likeness (QED) is 0.181. The van der Waals surface area contributed by atoms with Gasteiger partial charge in [-0.2, -0.15) is 0 Å². The van der Waals surface area contributed by atoms with Crippen LogP contribution in [0.15, 0.2) is 102 Å². The van der Waals surface area contributed by atoms with Crippen LogP contribution < -0.4 is 15.6 Å². The highest BCUT2D eigenvalue weighted by Gasteiger charge is 2.61. The first-order chi connectivity index (χ1) is 22.9. The Kier molecular flexibility index (Phi) is 8.65. The molecule has 0 radical (unpaired) electrons. The number of methoxy groups -OCH3 is 1. The van der Waals surface area contributed by atoms with Crippen LogP contribution >= 0.6 is 0 Å². The number of nitrogens with one attached hydrogen (secondary N) is 2. The van der Waals surface area contributed by atoms with E-state index in [0.717, 1.165) is 35.3 Å². The topological polar surface area (TPSA) is 144 Å². The average Bonchev–Trinajstić information content (AvgIpc) is 3.67. The number of aromatic nitrogens is 4. The molecule has 0 amide bonds. The van der Waals surface area contributed by atoms with E-state index in [-0.39, 0.29) is 17.7 Å². The Morgan fingerprint density at radius 1 is 1.02 bits per heavy atom. The van der Waals surface area contributed by atoms with Gasteiger partial charge in [0, 0.05) is 13.2 Å². The molecule has 5 atom stereocenters. The van der Waals surface area contributed by atoms with Crippen molar-refractivity contribution in [3.63, 3.8) is 0 Å². The fraction of sp³-hybridized carbons (Fsp3) is 0.361. The van der Waals surface area contributed by atoms with Crippen molar-refractivity contribution in [1.82, 2.24) is 24.8 Å². The fourth-order valence-electron chi connectivity index (χ4n) is 7.14. The molecule has 47 heavy (non-hydrogen) atoms. The first-order valence-corrected chi connectivity index (χ1v) is 16.0. The number of ether oxygens (including phenoxy) is 3. The number of aliphatic hydroxyl groups excluding tert-OH is 1. The third-order valence-electron chi connectivity index (χ3n) is 9.61. The van der Waals surface area contributed by atoms with Gasteiger partial charge in [-0.25, -0.2) is 9.97 Å². The predicted molar refractivity (Wildman–Crippen MR) is 175 cm³/mol. The van der Waals surface area contributed by atoms with Crippen molar-refractivity contribution >= 4 is 11.2 Å². The number of aliphatic hydroxyl groups is 2. The Morgan fingerprint density at radius 3 is 2.36 bits per heavy atom. The first-order valence-electron chi connectivity index (χ1n) is 16.0. The molecule has 2 aliphatic rings. The summed E-state index contributed by atoms with van der Waals surface area (Å²) in [7, 11) is 1.65. The van der Waals surface area contributed by atoms with Gasteiger partial charge in [0.2, 0.25) is 0 Å². The fourth-order valence-corrected chi connectivity index (χ4v) is 7.14. The second-order valence-corrected chi connectivity index (χ2v) is 12.3. The van der Waals surface area contributed by atoms with E-state index in [2.05, 4.69) is 56.7 Å². The number of rotatable bonds is 10. The molecular weight excluding hydrogens is 598 g/mol. The number of H-pyrrole nitrogens is 1. The van der Waals surface area contributed by atoms with Gasteiger partial charge in [-0.05, 0) is 54.5 Å². The third kappa shape index (κ3) is 5.64. The summed E-state index contributed by atoms with van der Waals surface area (Å²) in [6, 6.07) is 28.4. The lowest BCUT2D eigenvalue weighted by atomic mass is 9.77. The van der Waals surface area contributed by atoms with E-state index in [4.69, 9.17) is 14.2 Å². The molecule has 0 bridgehead atoms. The highest BCUT2D eigenvalue weighted by Crippen LogP contribution is 2.45. The maximum absolute atomic E-state index is 12.5. The molecule has 4 N–H and O–H groups in total. The molecular formula is C36H39N5O6. The minimum atomic E-state index is -1.84. The van der Waals surface area contributed by atoms with Gasteiger partial charge < -0.3 is 34.7 Å². The van der Waals surface area contributed by atoms with Gasteiger partial charge in [0.1, 0.15) is 18.0 Å². The third-order valence-corrected chi connectivity index (χ3v) is 9.61. The van der Waals surface area contributed by atoms with E-state index in [1.54, 1.807) is 7.11 Å². The van der Waals surface area contributed by atoms with Crippen LogP contribution in [0.5, 0.6) is 5.75 Å². The Labute approximate surface area is 272 Å². The van der Waals surface area contributed by atoms with Crippen molar-refractivity contribution in [3.8, 4) is 5.75 Å². The summed E-state index contributed by atoms with van der Waals surface area (Å²) < 4.78 is 19.6. The van der Waals surface area contributed by atoms with Crippen molar-refractivity contribution in [2.45, 2.75) is 61.4 Å². The molecule has 2 fully saturated rings. The monoisotopic (exact) mass is 637 g/mol. The van der Waals surface area contributed by atoms with E-state index in [0.29, 0.717) is 19.4 Å². The number of imidazole rings is 1. The minimum absolute atomic E-state index is 0.116. The van der Waals surface area contributed by atoms with Crippen LogP contribution in [-0.2, 0) is 21.4 Å². The molecule has 4 heterocycles. The van der Waals surface area contributed by atoms with Crippen LogP contribution in [0.4, 0.5) is 0 Å². The molecule has 0 spiro atoms. The van der Waals surface area contributed by atoms with Crippen LogP contribution in [0.1, 0.15) is 42.2 Å². The maximum atomic E-state index is 12.5. The average molecular weight is 638 g/mol. The first kappa shape index (κ1) is 31.2. The Balaban J connectivity index is 1.28. The van der Waals surface area contributed by atoms with Gasteiger partial charge in [-0.3, -0.25) is 9.36 Å². The molecule has 7 rings (SSSR count). The lowest BCUT2D eigenvalue weighted by Crippen LogP contribution is -2.58. The number of fused-ring (bicyclic) bond motifs is 1. The van der Waals surface area contributed by atoms with E-state index < -0.39 is 41.2 Å². The maximum Gasteiger partial charge on any atom is 0.278 e. The van der Waals surface area contributed by atoms with Crippen molar-refractivity contribution < 1.29 is 24.4 Å². The highest BCUT2D eigenvalue weighted by atomic mass is 16.6. The lowest BCUT2D eigenvalue weighted by molar-refractivity contribution is -0.197. The summed E-state index contributed by atoms with van der Waals surface area (Å²) in [5, 5.41) is 28.3. The number of aromatic amines is 1. The van der Waals surface area contributed by atoms with Crippen molar-refractivity contribution in [2.75, 3.05) is 20.3 Å². The van der Waals surface area contributed by atoms with E-state index >= 15 is 0 Å². The van der Waals surface area contributed by atoms with Crippen LogP contribution in [-0.4, -0.2) is 73.9 Å². The molecule has 3 aromatic carbocycles. The molecule has 0 saturated carbocycles. The van der Waals surface area contributed by atoms with Gasteiger partial charge in [0.05, 0.1) is 31.4 Å². The second-order valence-electron chi connectivity index (χ2n) is 12.3. The van der Waals surface area contributed by atoms with Crippen molar-refractivity contribution in [2.24, 2.45) is 0 Å². The number of hydrogen-bond acceptors (Lipinski definition) is 9. The minimum Gasteiger partial charge on any atom is -0.497 e. The molecule has 2 aliphatic heterocycles. The molecule has 11 heteroatoms. The molecule has 0 aliphatic carbocycles. The Hall–Kier alpha value is -4.39. The van der Waals surface area contributed by atoms with Crippen LogP contribution in [0, 0.1) is 0 Å². The zero-order chi connectivity index (χ0) is 32.4. The Bertz CT molecular complexity index is 1800. The van der Waals surface area contributed by atoms with Crippen molar-refractivity contribution in [1.29, 1.82) is 0 Å². The van der Waals surface area contributed by atoms with Gasteiger partial charge in [0.25, 0.3) is 5.56 Å². The molecule has 244 valence electrons. The molecule has 1 unspecified atom stereocenters. The smallest absolute Gasteiger partial charge is 0.278 e. The highest BCUT2D eigenvalue weighted by molar-refractivity contribution is 5.69. The van der Waals surface area contributed by atoms with Crippen LogP contribution in [0.3, 0.4) is 0 Å². The van der Waals surface area contributed by atoms with Crippen molar-refractivity contribution in [3.05, 3.63) is 125 Å². The normalized spacial score (nSPS) is 24.8. The molecule has 11 nitrogen and oxygen atoms in total. The summed E-state index contributed by atoms with van der Waals surface area (Å²) in [6.07, 6.45) is 1.52. The SMILES string of the molecule is COc1ccc(CC(NC[C@H]2O[C@@H](n3cnc4c(=O)[nH]cnc43)[C@@](O)(C3CCCCO3)[C@@H]2O)(c2ccccc2)c2ccccc2)cc1. The van der Waals surface area contributed by atoms with E-state index in [9.17, 15) is 15.0 Å². The van der Waals surface area contributed by atoms with E-state index in [1.807, 2.05) is 48.5 Å². The van der Waals surface area contributed by atoms with E-state index in [1.165, 1.54) is 17.2 Å². The molecule has 2 saturated heterocycles. The lowest BCUT2D eigenvalue weighted by Gasteiger charge is -2.40. The zero-order valence-corrected chi connectivity index (χ0v) is 26.2. The summed E-state index contributed by atoms with van der Waals surface area (Å²) in [5.41, 5.74) is 0.503. The van der Waals surface area contributed by atoms with Gasteiger partial charge in [-0.1, -0.05) is 72.8 Å². The second kappa shape index (κ2) is 13.0. The molecule has 2 aromatic heterocycles. The summed E-state index contributed by atoms with van der Waals surface area (Å²) in [5.74, 6) is 0.771. The summed E-state index contributed by atoms with van der Waals surface area (Å²) in [4.78, 5) is 23.6. The number of benzene rings is 3. The summed E-state index contributed by atoms with van der Waals surface area (Å²) >= 11 is 0.